The van der Waals surface area contributed by atoms with Gasteiger partial charge in [-0.3, -0.25) is 4.79 Å². The Balaban J connectivity index is 2.24. The van der Waals surface area contributed by atoms with Crippen LogP contribution < -0.4 is 0 Å². The van der Waals surface area contributed by atoms with Crippen LogP contribution in [0.4, 0.5) is 4.39 Å². The molecule has 1 fully saturated rings. The average Bonchev–Trinajstić information content (AvgIpc) is 2.29. The van der Waals surface area contributed by atoms with Crippen molar-refractivity contribution in [3.8, 4) is 0 Å². The number of ether oxygens (including phenoxy) is 1. The average molecular weight is 349 g/mol. The van der Waals surface area contributed by atoms with E-state index in [1.54, 1.807) is 11.0 Å². The van der Waals surface area contributed by atoms with Crippen LogP contribution in [0.3, 0.4) is 0 Å². The van der Waals surface area contributed by atoms with Crippen molar-refractivity contribution in [3.63, 3.8) is 0 Å². The van der Waals surface area contributed by atoms with Crippen LogP contribution in [-0.4, -0.2) is 36.6 Å². The van der Waals surface area contributed by atoms with Crippen LogP contribution in [-0.2, 0) is 4.74 Å². The quantitative estimate of drug-likeness (QED) is 0.729. The van der Waals surface area contributed by atoms with Crippen LogP contribution >= 0.6 is 22.6 Å². The highest BCUT2D eigenvalue weighted by atomic mass is 127. The van der Waals surface area contributed by atoms with Crippen molar-refractivity contribution in [2.75, 3.05) is 19.8 Å². The molecule has 1 heterocycles. The predicted molar refractivity (Wildman–Crippen MR) is 70.4 cm³/mol. The summed E-state index contributed by atoms with van der Waals surface area (Å²) in [6, 6.07) is 4.30. The second-order valence-corrected chi connectivity index (χ2v) is 5.21. The molecule has 1 aliphatic rings. The number of morpholine rings is 1. The number of carbonyl (C=O) groups is 1. The highest BCUT2D eigenvalue weighted by Crippen LogP contribution is 2.18. The largest absolute Gasteiger partial charge is 0.377 e. The van der Waals surface area contributed by atoms with Crippen LogP contribution in [0.2, 0.25) is 0 Å². The summed E-state index contributed by atoms with van der Waals surface area (Å²) < 4.78 is 18.9. The fourth-order valence-electron chi connectivity index (χ4n) is 1.85. The molecule has 0 unspecified atom stereocenters. The van der Waals surface area contributed by atoms with Gasteiger partial charge in [-0.2, -0.15) is 0 Å². The number of hydrogen-bond donors (Lipinski definition) is 0. The Morgan fingerprint density at radius 2 is 2.35 bits per heavy atom. The molecule has 92 valence electrons. The van der Waals surface area contributed by atoms with Gasteiger partial charge in [0.25, 0.3) is 5.91 Å². The van der Waals surface area contributed by atoms with E-state index in [4.69, 9.17) is 4.74 Å². The Kier molecular flexibility index (Phi) is 3.98. The van der Waals surface area contributed by atoms with Crippen LogP contribution in [0.1, 0.15) is 17.3 Å². The van der Waals surface area contributed by atoms with Gasteiger partial charge in [0.1, 0.15) is 5.82 Å². The van der Waals surface area contributed by atoms with E-state index in [-0.39, 0.29) is 17.8 Å². The maximum absolute atomic E-state index is 13.0. The van der Waals surface area contributed by atoms with Gasteiger partial charge in [-0.15, -0.1) is 0 Å². The summed E-state index contributed by atoms with van der Waals surface area (Å²) in [7, 11) is 0. The summed E-state index contributed by atoms with van der Waals surface area (Å²) in [4.78, 5) is 14.1. The topological polar surface area (TPSA) is 29.5 Å². The van der Waals surface area contributed by atoms with Crippen molar-refractivity contribution in [1.29, 1.82) is 0 Å². The van der Waals surface area contributed by atoms with E-state index < -0.39 is 0 Å². The van der Waals surface area contributed by atoms with Crippen LogP contribution in [0.5, 0.6) is 0 Å². The van der Waals surface area contributed by atoms with E-state index in [2.05, 4.69) is 0 Å². The molecule has 0 spiro atoms. The molecule has 0 bridgehead atoms. The van der Waals surface area contributed by atoms with Crippen molar-refractivity contribution in [2.24, 2.45) is 0 Å². The third-order valence-electron chi connectivity index (χ3n) is 2.79. The normalized spacial score (nSPS) is 20.4. The van der Waals surface area contributed by atoms with Crippen molar-refractivity contribution in [1.82, 2.24) is 4.90 Å². The number of amides is 1. The highest BCUT2D eigenvalue weighted by Gasteiger charge is 2.25. The fraction of sp³-hybridized carbons (Fsp3) is 0.417. The number of hydrogen-bond acceptors (Lipinski definition) is 2. The molecule has 1 saturated heterocycles. The van der Waals surface area contributed by atoms with Gasteiger partial charge >= 0.3 is 0 Å². The summed E-state index contributed by atoms with van der Waals surface area (Å²) in [6.07, 6.45) is 0. The van der Waals surface area contributed by atoms with Crippen LogP contribution in [0.25, 0.3) is 0 Å². The minimum Gasteiger partial charge on any atom is -0.377 e. The summed E-state index contributed by atoms with van der Waals surface area (Å²) in [5, 5.41) is 0. The van der Waals surface area contributed by atoms with Gasteiger partial charge in [-0.05, 0) is 47.7 Å². The van der Waals surface area contributed by atoms with E-state index >= 15 is 0 Å². The standard InChI is InChI=1S/C12H13FINO2/c1-8-7-17-5-4-15(8)12(16)10-3-2-9(13)6-11(10)14/h2-3,6,8H,4-5,7H2,1H3/t8-/m1/s1. The zero-order valence-electron chi connectivity index (χ0n) is 9.45. The molecule has 1 aromatic rings. The monoisotopic (exact) mass is 349 g/mol. The molecule has 1 atom stereocenters. The Labute approximate surface area is 113 Å². The van der Waals surface area contributed by atoms with Gasteiger partial charge in [0.15, 0.2) is 0 Å². The van der Waals surface area contributed by atoms with Crippen molar-refractivity contribution in [3.05, 3.63) is 33.1 Å². The molecule has 5 heteroatoms. The number of nitrogens with zero attached hydrogens (tertiary/aromatic N) is 1. The van der Waals surface area contributed by atoms with Crippen LogP contribution in [0.15, 0.2) is 18.2 Å². The minimum absolute atomic E-state index is 0.0507. The van der Waals surface area contributed by atoms with Crippen molar-refractivity contribution in [2.45, 2.75) is 13.0 Å². The molecule has 2 rings (SSSR count). The molecule has 0 saturated carbocycles. The summed E-state index contributed by atoms with van der Waals surface area (Å²) >= 11 is 1.99. The van der Waals surface area contributed by atoms with E-state index in [0.717, 1.165) is 0 Å². The summed E-state index contributed by atoms with van der Waals surface area (Å²) in [6.45, 7) is 3.66. The number of halogens is 2. The maximum Gasteiger partial charge on any atom is 0.255 e. The lowest BCUT2D eigenvalue weighted by molar-refractivity contribution is 0.00353. The first-order valence-corrected chi connectivity index (χ1v) is 6.51. The second kappa shape index (κ2) is 5.30. The SMILES string of the molecule is C[C@@H]1COCCN1C(=O)c1ccc(F)cc1I. The van der Waals surface area contributed by atoms with Gasteiger partial charge in [-0.1, -0.05) is 0 Å². The number of carbonyl (C=O) groups excluding carboxylic acids is 1. The minimum atomic E-state index is -0.319. The van der Waals surface area contributed by atoms with Gasteiger partial charge in [0.2, 0.25) is 0 Å². The molecule has 1 aromatic carbocycles. The Morgan fingerprint density at radius 3 is 3.00 bits per heavy atom. The first-order valence-electron chi connectivity index (χ1n) is 5.43. The van der Waals surface area contributed by atoms with Crippen LogP contribution in [0, 0.1) is 9.39 Å². The molecular formula is C12H13FINO2. The van der Waals surface area contributed by atoms with Gasteiger partial charge in [0, 0.05) is 10.1 Å². The smallest absolute Gasteiger partial charge is 0.255 e. The van der Waals surface area contributed by atoms with E-state index in [1.165, 1.54) is 12.1 Å². The number of benzene rings is 1. The Morgan fingerprint density at radius 1 is 1.59 bits per heavy atom. The second-order valence-electron chi connectivity index (χ2n) is 4.05. The molecule has 1 aliphatic heterocycles. The van der Waals surface area contributed by atoms with E-state index in [9.17, 15) is 9.18 Å². The summed E-state index contributed by atoms with van der Waals surface area (Å²) in [5.41, 5.74) is 0.556. The predicted octanol–water partition coefficient (Wildman–Crippen LogP) is 2.29. The van der Waals surface area contributed by atoms with E-state index in [1.807, 2.05) is 29.5 Å². The zero-order chi connectivity index (χ0) is 12.4. The lowest BCUT2D eigenvalue weighted by atomic mass is 10.1. The zero-order valence-corrected chi connectivity index (χ0v) is 11.6. The fourth-order valence-corrected chi connectivity index (χ4v) is 2.55. The molecule has 3 nitrogen and oxygen atoms in total. The number of rotatable bonds is 1. The molecule has 17 heavy (non-hydrogen) atoms. The first kappa shape index (κ1) is 12.8. The molecule has 0 radical (unpaired) electrons. The van der Waals surface area contributed by atoms with Gasteiger partial charge in [-0.25, -0.2) is 4.39 Å². The van der Waals surface area contributed by atoms with Gasteiger partial charge < -0.3 is 9.64 Å². The summed E-state index contributed by atoms with van der Waals surface area (Å²) in [5.74, 6) is -0.369. The maximum atomic E-state index is 13.0. The lowest BCUT2D eigenvalue weighted by Gasteiger charge is -2.33. The van der Waals surface area contributed by atoms with Gasteiger partial charge in [0.05, 0.1) is 24.8 Å². The third-order valence-corrected chi connectivity index (χ3v) is 3.68. The molecule has 0 aromatic heterocycles. The highest BCUT2D eigenvalue weighted by molar-refractivity contribution is 14.1. The third kappa shape index (κ3) is 2.77. The molecule has 1 amide bonds. The Bertz CT molecular complexity index is 439. The van der Waals surface area contributed by atoms with Crippen molar-refractivity contribution >= 4 is 28.5 Å². The first-order chi connectivity index (χ1) is 8.09. The lowest BCUT2D eigenvalue weighted by Crippen LogP contribution is -2.47. The molecule has 0 aliphatic carbocycles. The molecule has 0 N–H and O–H groups in total. The Hall–Kier alpha value is -0.690. The van der Waals surface area contributed by atoms with E-state index in [0.29, 0.717) is 28.9 Å². The van der Waals surface area contributed by atoms with Crippen molar-refractivity contribution < 1.29 is 13.9 Å². The molecular weight excluding hydrogens is 336 g/mol.